The molecule has 2 aromatic carbocycles. The second-order valence-corrected chi connectivity index (χ2v) is 9.01. The van der Waals surface area contributed by atoms with Crippen LogP contribution < -0.4 is 15.5 Å². The molecule has 0 aliphatic carbocycles. The molecule has 6 nitrogen and oxygen atoms in total. The zero-order valence-electron chi connectivity index (χ0n) is 19.9. The Balaban J connectivity index is 1.30. The third-order valence-corrected chi connectivity index (χ3v) is 6.55. The van der Waals surface area contributed by atoms with Crippen LogP contribution in [0, 0.1) is 12.8 Å². The molecule has 0 amide bonds. The summed E-state index contributed by atoms with van der Waals surface area (Å²) in [7, 11) is 0. The first-order valence-corrected chi connectivity index (χ1v) is 12.2. The zero-order valence-corrected chi connectivity index (χ0v) is 19.9. The van der Waals surface area contributed by atoms with Crippen LogP contribution in [0.4, 0.5) is 5.69 Å². The predicted octanol–water partition coefficient (Wildman–Crippen LogP) is 3.98. The monoisotopic (exact) mass is 447 g/mol. The standard InChI is InChI=1S/C27H37N5O/c1-3-28-27(29-13-10-23-18-30-26-16-20(2)4-9-25(23)26)31-17-21-5-7-24(8-6-21)32-14-11-22(19-33)12-15-32/h4-9,16,18,22,30,33H,3,10-15,17,19H2,1-2H3,(H2,28,29,31). The van der Waals surface area contributed by atoms with Gasteiger partial charge in [0.05, 0.1) is 6.54 Å². The number of aromatic nitrogens is 1. The number of benzene rings is 2. The number of hydrogen-bond acceptors (Lipinski definition) is 3. The average molecular weight is 448 g/mol. The molecule has 0 radical (unpaired) electrons. The molecule has 1 saturated heterocycles. The zero-order chi connectivity index (χ0) is 23.0. The largest absolute Gasteiger partial charge is 0.396 e. The minimum atomic E-state index is 0.314. The number of hydrogen-bond donors (Lipinski definition) is 4. The van der Waals surface area contributed by atoms with Crippen LogP contribution in [0.3, 0.4) is 0 Å². The van der Waals surface area contributed by atoms with E-state index in [-0.39, 0.29) is 0 Å². The van der Waals surface area contributed by atoms with Gasteiger partial charge in [-0.1, -0.05) is 24.3 Å². The molecule has 176 valence electrons. The highest BCUT2D eigenvalue weighted by molar-refractivity contribution is 5.84. The van der Waals surface area contributed by atoms with Gasteiger partial charge in [-0.05, 0) is 73.9 Å². The Morgan fingerprint density at radius 3 is 2.64 bits per heavy atom. The van der Waals surface area contributed by atoms with Crippen molar-refractivity contribution in [1.82, 2.24) is 15.6 Å². The Morgan fingerprint density at radius 1 is 1.12 bits per heavy atom. The van der Waals surface area contributed by atoms with E-state index in [2.05, 4.69) is 83.0 Å². The molecule has 0 atom stereocenters. The third-order valence-electron chi connectivity index (χ3n) is 6.55. The first-order chi connectivity index (χ1) is 16.2. The van der Waals surface area contributed by atoms with Crippen molar-refractivity contribution >= 4 is 22.5 Å². The van der Waals surface area contributed by atoms with E-state index in [0.717, 1.165) is 51.4 Å². The van der Waals surface area contributed by atoms with E-state index in [1.165, 1.54) is 33.3 Å². The third kappa shape index (κ3) is 6.08. The number of aliphatic hydroxyl groups is 1. The van der Waals surface area contributed by atoms with Crippen molar-refractivity contribution in [2.45, 2.75) is 39.7 Å². The van der Waals surface area contributed by atoms with Gasteiger partial charge in [-0.3, -0.25) is 0 Å². The molecular weight excluding hydrogens is 410 g/mol. The van der Waals surface area contributed by atoms with Gasteiger partial charge in [0.2, 0.25) is 0 Å². The van der Waals surface area contributed by atoms with Gasteiger partial charge in [0.25, 0.3) is 0 Å². The molecule has 4 rings (SSSR count). The van der Waals surface area contributed by atoms with Crippen LogP contribution in [-0.4, -0.2) is 48.8 Å². The van der Waals surface area contributed by atoms with Crippen molar-refractivity contribution in [1.29, 1.82) is 0 Å². The van der Waals surface area contributed by atoms with Crippen molar-refractivity contribution in [3.63, 3.8) is 0 Å². The average Bonchev–Trinajstić information content (AvgIpc) is 3.25. The number of aliphatic hydroxyl groups excluding tert-OH is 1. The van der Waals surface area contributed by atoms with Crippen LogP contribution in [0.15, 0.2) is 53.7 Å². The molecule has 6 heteroatoms. The summed E-state index contributed by atoms with van der Waals surface area (Å²) in [4.78, 5) is 10.6. The minimum absolute atomic E-state index is 0.314. The van der Waals surface area contributed by atoms with Crippen LogP contribution in [0.5, 0.6) is 0 Å². The highest BCUT2D eigenvalue weighted by Crippen LogP contribution is 2.23. The van der Waals surface area contributed by atoms with Crippen LogP contribution in [-0.2, 0) is 13.0 Å². The number of anilines is 1. The summed E-state index contributed by atoms with van der Waals surface area (Å²) in [5.41, 5.74) is 6.26. The molecule has 0 spiro atoms. The Hall–Kier alpha value is -2.99. The van der Waals surface area contributed by atoms with Gasteiger partial charge in [-0.25, -0.2) is 4.99 Å². The number of H-pyrrole nitrogens is 1. The number of rotatable bonds is 8. The number of fused-ring (bicyclic) bond motifs is 1. The molecule has 3 aromatic rings. The lowest BCUT2D eigenvalue weighted by Crippen LogP contribution is -2.38. The highest BCUT2D eigenvalue weighted by Gasteiger charge is 2.18. The molecule has 33 heavy (non-hydrogen) atoms. The number of guanidine groups is 1. The summed E-state index contributed by atoms with van der Waals surface area (Å²) in [6.45, 7) is 8.88. The molecule has 4 N–H and O–H groups in total. The van der Waals surface area contributed by atoms with E-state index in [1.54, 1.807) is 0 Å². The summed E-state index contributed by atoms with van der Waals surface area (Å²) >= 11 is 0. The minimum Gasteiger partial charge on any atom is -0.396 e. The second kappa shape index (κ2) is 11.2. The smallest absolute Gasteiger partial charge is 0.191 e. The van der Waals surface area contributed by atoms with Crippen LogP contribution >= 0.6 is 0 Å². The first kappa shape index (κ1) is 23.2. The Labute approximate surface area is 197 Å². The van der Waals surface area contributed by atoms with E-state index in [0.29, 0.717) is 19.1 Å². The number of nitrogens with one attached hydrogen (secondary N) is 3. The Kier molecular flexibility index (Phi) is 7.89. The van der Waals surface area contributed by atoms with E-state index in [1.807, 2.05) is 0 Å². The SMILES string of the molecule is CCNC(=NCc1ccc(N2CCC(CO)CC2)cc1)NCCc1c[nH]c2cc(C)ccc12. The lowest BCUT2D eigenvalue weighted by atomic mass is 9.97. The van der Waals surface area contributed by atoms with Gasteiger partial charge in [0.1, 0.15) is 0 Å². The van der Waals surface area contributed by atoms with Gasteiger partial charge in [-0.15, -0.1) is 0 Å². The number of aromatic amines is 1. The molecule has 1 aromatic heterocycles. The lowest BCUT2D eigenvalue weighted by Gasteiger charge is -2.32. The fourth-order valence-corrected chi connectivity index (χ4v) is 4.52. The van der Waals surface area contributed by atoms with Crippen LogP contribution in [0.2, 0.25) is 0 Å². The van der Waals surface area contributed by atoms with Crippen molar-refractivity contribution in [2.24, 2.45) is 10.9 Å². The lowest BCUT2D eigenvalue weighted by molar-refractivity contribution is 0.203. The predicted molar refractivity (Wildman–Crippen MR) is 138 cm³/mol. The van der Waals surface area contributed by atoms with Crippen molar-refractivity contribution in [3.05, 3.63) is 65.4 Å². The van der Waals surface area contributed by atoms with Crippen molar-refractivity contribution < 1.29 is 5.11 Å². The molecule has 0 bridgehead atoms. The number of aliphatic imine (C=N–C) groups is 1. The van der Waals surface area contributed by atoms with Crippen molar-refractivity contribution in [3.8, 4) is 0 Å². The van der Waals surface area contributed by atoms with Gasteiger partial charge < -0.3 is 25.6 Å². The first-order valence-electron chi connectivity index (χ1n) is 12.2. The van der Waals surface area contributed by atoms with Crippen LogP contribution in [0.25, 0.3) is 10.9 Å². The fraction of sp³-hybridized carbons (Fsp3) is 0.444. The van der Waals surface area contributed by atoms with Gasteiger partial charge in [0.15, 0.2) is 5.96 Å². The Bertz CT molecular complexity index is 1050. The Morgan fingerprint density at radius 2 is 1.91 bits per heavy atom. The van der Waals surface area contributed by atoms with E-state index < -0.39 is 0 Å². The maximum absolute atomic E-state index is 9.34. The summed E-state index contributed by atoms with van der Waals surface area (Å²) in [5.74, 6) is 1.32. The summed E-state index contributed by atoms with van der Waals surface area (Å²) in [6.07, 6.45) is 5.19. The van der Waals surface area contributed by atoms with E-state index in [4.69, 9.17) is 4.99 Å². The highest BCUT2D eigenvalue weighted by atomic mass is 16.3. The normalized spacial score (nSPS) is 15.2. The van der Waals surface area contributed by atoms with Crippen molar-refractivity contribution in [2.75, 3.05) is 37.7 Å². The van der Waals surface area contributed by atoms with Gasteiger partial charge in [-0.2, -0.15) is 0 Å². The number of nitrogens with zero attached hydrogens (tertiary/aromatic N) is 2. The van der Waals surface area contributed by atoms with E-state index >= 15 is 0 Å². The summed E-state index contributed by atoms with van der Waals surface area (Å²) in [5, 5.41) is 17.5. The molecule has 1 fully saturated rings. The molecule has 1 aliphatic heterocycles. The maximum atomic E-state index is 9.34. The van der Waals surface area contributed by atoms with Gasteiger partial charge in [0, 0.05) is 55.6 Å². The van der Waals surface area contributed by atoms with E-state index in [9.17, 15) is 5.11 Å². The number of aryl methyl sites for hydroxylation is 1. The molecular formula is C27H37N5O. The maximum Gasteiger partial charge on any atom is 0.191 e. The second-order valence-electron chi connectivity index (χ2n) is 9.01. The molecule has 0 unspecified atom stereocenters. The van der Waals surface area contributed by atoms with Crippen LogP contribution in [0.1, 0.15) is 36.5 Å². The quantitative estimate of drug-likeness (QED) is 0.311. The molecule has 1 aliphatic rings. The molecule has 0 saturated carbocycles. The summed E-state index contributed by atoms with van der Waals surface area (Å²) < 4.78 is 0. The summed E-state index contributed by atoms with van der Waals surface area (Å²) in [6, 6.07) is 15.3. The number of piperidine rings is 1. The fourth-order valence-electron chi connectivity index (χ4n) is 4.52. The molecule has 2 heterocycles. The van der Waals surface area contributed by atoms with Gasteiger partial charge >= 0.3 is 0 Å². The topological polar surface area (TPSA) is 75.7 Å².